The number of hydrogen-bond acceptors (Lipinski definition) is 4. The van der Waals surface area contributed by atoms with E-state index >= 15 is 0 Å². The normalized spacial score (nSPS) is 20.3. The van der Waals surface area contributed by atoms with Gasteiger partial charge in [0.25, 0.3) is 0 Å². The lowest BCUT2D eigenvalue weighted by Crippen LogP contribution is -2.62. The maximum atomic E-state index is 12.3. The molecule has 0 saturated carbocycles. The molecule has 24 heavy (non-hydrogen) atoms. The molecule has 2 aromatic rings. The van der Waals surface area contributed by atoms with Crippen LogP contribution in [0.5, 0.6) is 11.5 Å². The van der Waals surface area contributed by atoms with Gasteiger partial charge in [-0.3, -0.25) is 9.59 Å². The number of phenolic OH excluding ortho intramolecular Hbond substituents is 2. The molecular weight excluding hydrogens is 308 g/mol. The molecular formula is C18H18N2O4. The summed E-state index contributed by atoms with van der Waals surface area (Å²) in [6, 6.07) is 11.8. The molecule has 6 nitrogen and oxygen atoms in total. The molecule has 1 fully saturated rings. The predicted molar refractivity (Wildman–Crippen MR) is 87.5 cm³/mol. The van der Waals surface area contributed by atoms with Gasteiger partial charge in [0, 0.05) is 12.8 Å². The molecule has 0 bridgehead atoms. The fourth-order valence-corrected chi connectivity index (χ4v) is 2.70. The Morgan fingerprint density at radius 2 is 1.00 bits per heavy atom. The summed E-state index contributed by atoms with van der Waals surface area (Å²) in [6.45, 7) is 0. The van der Waals surface area contributed by atoms with Gasteiger partial charge in [0.1, 0.15) is 23.6 Å². The van der Waals surface area contributed by atoms with Crippen LogP contribution >= 0.6 is 0 Å². The van der Waals surface area contributed by atoms with Crippen molar-refractivity contribution in [2.75, 3.05) is 0 Å². The van der Waals surface area contributed by atoms with E-state index in [1.54, 1.807) is 48.5 Å². The Hall–Kier alpha value is -3.02. The molecule has 1 saturated heterocycles. The second-order valence-corrected chi connectivity index (χ2v) is 5.86. The molecule has 2 aromatic carbocycles. The highest BCUT2D eigenvalue weighted by Gasteiger charge is 2.33. The number of benzene rings is 2. The maximum absolute atomic E-state index is 12.3. The molecule has 2 unspecified atom stereocenters. The van der Waals surface area contributed by atoms with Gasteiger partial charge in [0.2, 0.25) is 11.8 Å². The van der Waals surface area contributed by atoms with Crippen LogP contribution in [0.25, 0.3) is 0 Å². The first kappa shape index (κ1) is 15.9. The summed E-state index contributed by atoms with van der Waals surface area (Å²) in [5, 5.41) is 24.1. The summed E-state index contributed by atoms with van der Waals surface area (Å²) in [6.07, 6.45) is 0.730. The summed E-state index contributed by atoms with van der Waals surface area (Å²) >= 11 is 0. The Morgan fingerprint density at radius 3 is 1.33 bits per heavy atom. The van der Waals surface area contributed by atoms with Gasteiger partial charge in [0.05, 0.1) is 0 Å². The molecule has 3 rings (SSSR count). The predicted octanol–water partition coefficient (Wildman–Crippen LogP) is 0.866. The molecule has 0 aromatic heterocycles. The third-order valence-electron chi connectivity index (χ3n) is 4.02. The third kappa shape index (κ3) is 3.65. The monoisotopic (exact) mass is 326 g/mol. The number of nitrogens with one attached hydrogen (secondary N) is 2. The number of hydrogen-bond donors (Lipinski definition) is 4. The fourth-order valence-electron chi connectivity index (χ4n) is 2.70. The third-order valence-corrected chi connectivity index (χ3v) is 4.02. The molecule has 1 aliphatic heterocycles. The average Bonchev–Trinajstić information content (AvgIpc) is 2.56. The number of phenols is 2. The Labute approximate surface area is 139 Å². The summed E-state index contributed by atoms with van der Waals surface area (Å²) in [5.41, 5.74) is 1.70. The lowest BCUT2D eigenvalue weighted by Gasteiger charge is -2.29. The molecule has 4 N–H and O–H groups in total. The standard InChI is InChI=1S/C18H18N2O4/c21-13-5-1-11(2-6-13)9-15-17(23)20-16(18(24)19-15)10-12-3-7-14(22)8-4-12/h1-8,15-16,21-22H,9-10H2,(H,19,24)(H,20,23). The van der Waals surface area contributed by atoms with E-state index in [0.717, 1.165) is 11.1 Å². The number of piperazine rings is 1. The van der Waals surface area contributed by atoms with Gasteiger partial charge >= 0.3 is 0 Å². The zero-order valence-electron chi connectivity index (χ0n) is 12.9. The molecule has 1 aliphatic rings. The highest BCUT2D eigenvalue weighted by molar-refractivity contribution is 5.97. The van der Waals surface area contributed by atoms with E-state index in [1.165, 1.54) is 0 Å². The Bertz CT molecular complexity index is 675. The largest absolute Gasteiger partial charge is 0.508 e. The van der Waals surface area contributed by atoms with E-state index in [1.807, 2.05) is 0 Å². The highest BCUT2D eigenvalue weighted by atomic mass is 16.3. The first-order valence-corrected chi connectivity index (χ1v) is 7.68. The van der Waals surface area contributed by atoms with Gasteiger partial charge in [0.15, 0.2) is 0 Å². The lowest BCUT2D eigenvalue weighted by atomic mass is 9.98. The fraction of sp³-hybridized carbons (Fsp3) is 0.222. The van der Waals surface area contributed by atoms with E-state index in [0.29, 0.717) is 12.8 Å². The first-order chi connectivity index (χ1) is 11.5. The van der Waals surface area contributed by atoms with Crippen LogP contribution in [0.1, 0.15) is 11.1 Å². The van der Waals surface area contributed by atoms with Crippen molar-refractivity contribution in [3.8, 4) is 11.5 Å². The number of carbonyl (C=O) groups excluding carboxylic acids is 2. The lowest BCUT2D eigenvalue weighted by molar-refractivity contribution is -0.136. The van der Waals surface area contributed by atoms with Crippen LogP contribution in [-0.2, 0) is 22.4 Å². The zero-order valence-corrected chi connectivity index (χ0v) is 12.9. The van der Waals surface area contributed by atoms with Gasteiger partial charge in [-0.1, -0.05) is 24.3 Å². The molecule has 2 atom stereocenters. The molecule has 6 heteroatoms. The second kappa shape index (κ2) is 6.62. The van der Waals surface area contributed by atoms with Crippen molar-refractivity contribution in [2.24, 2.45) is 0 Å². The number of amides is 2. The summed E-state index contributed by atoms with van der Waals surface area (Å²) in [4.78, 5) is 24.5. The van der Waals surface area contributed by atoms with Crippen LogP contribution in [0.2, 0.25) is 0 Å². The van der Waals surface area contributed by atoms with Crippen molar-refractivity contribution < 1.29 is 19.8 Å². The van der Waals surface area contributed by atoms with Crippen LogP contribution in [0.3, 0.4) is 0 Å². The van der Waals surface area contributed by atoms with Crippen LogP contribution in [0, 0.1) is 0 Å². The van der Waals surface area contributed by atoms with E-state index in [4.69, 9.17) is 0 Å². The minimum absolute atomic E-state index is 0.157. The minimum Gasteiger partial charge on any atom is -0.508 e. The van der Waals surface area contributed by atoms with Crippen molar-refractivity contribution >= 4 is 11.8 Å². The summed E-state index contributed by atoms with van der Waals surface area (Å²) < 4.78 is 0. The quantitative estimate of drug-likeness (QED) is 0.670. The SMILES string of the molecule is O=C1NC(Cc2ccc(O)cc2)C(=O)NC1Cc1ccc(O)cc1. The van der Waals surface area contributed by atoms with E-state index < -0.39 is 12.1 Å². The van der Waals surface area contributed by atoms with Gasteiger partial charge in [-0.15, -0.1) is 0 Å². The molecule has 0 aliphatic carbocycles. The molecule has 2 amide bonds. The van der Waals surface area contributed by atoms with Gasteiger partial charge < -0.3 is 20.8 Å². The van der Waals surface area contributed by atoms with E-state index in [2.05, 4.69) is 10.6 Å². The summed E-state index contributed by atoms with van der Waals surface area (Å²) in [5.74, 6) is -0.146. The number of rotatable bonds is 4. The highest BCUT2D eigenvalue weighted by Crippen LogP contribution is 2.15. The van der Waals surface area contributed by atoms with E-state index in [-0.39, 0.29) is 23.3 Å². The first-order valence-electron chi connectivity index (χ1n) is 7.68. The van der Waals surface area contributed by atoms with Gasteiger partial charge in [-0.05, 0) is 35.4 Å². The van der Waals surface area contributed by atoms with E-state index in [9.17, 15) is 19.8 Å². The molecule has 0 spiro atoms. The maximum Gasteiger partial charge on any atom is 0.243 e. The Kier molecular flexibility index (Phi) is 4.37. The van der Waals surface area contributed by atoms with Gasteiger partial charge in [-0.2, -0.15) is 0 Å². The van der Waals surface area contributed by atoms with Crippen molar-refractivity contribution in [3.63, 3.8) is 0 Å². The average molecular weight is 326 g/mol. The van der Waals surface area contributed by atoms with Crippen molar-refractivity contribution in [1.29, 1.82) is 0 Å². The number of carbonyl (C=O) groups is 2. The second-order valence-electron chi connectivity index (χ2n) is 5.86. The minimum atomic E-state index is -0.627. The smallest absolute Gasteiger partial charge is 0.243 e. The van der Waals surface area contributed by atoms with Crippen LogP contribution in [0.4, 0.5) is 0 Å². The van der Waals surface area contributed by atoms with Crippen LogP contribution in [-0.4, -0.2) is 34.1 Å². The van der Waals surface area contributed by atoms with Crippen LogP contribution in [0.15, 0.2) is 48.5 Å². The zero-order chi connectivity index (χ0) is 17.1. The topological polar surface area (TPSA) is 98.7 Å². The number of aromatic hydroxyl groups is 2. The van der Waals surface area contributed by atoms with Crippen molar-refractivity contribution in [1.82, 2.24) is 10.6 Å². The Balaban J connectivity index is 1.63. The molecule has 124 valence electrons. The van der Waals surface area contributed by atoms with Gasteiger partial charge in [-0.25, -0.2) is 0 Å². The Morgan fingerprint density at radius 1 is 0.667 bits per heavy atom. The van der Waals surface area contributed by atoms with Crippen molar-refractivity contribution in [2.45, 2.75) is 24.9 Å². The van der Waals surface area contributed by atoms with Crippen molar-refractivity contribution in [3.05, 3.63) is 59.7 Å². The molecule has 1 heterocycles. The molecule has 0 radical (unpaired) electrons. The van der Waals surface area contributed by atoms with Crippen LogP contribution < -0.4 is 10.6 Å². The summed E-state index contributed by atoms with van der Waals surface area (Å²) in [7, 11) is 0.